The van der Waals surface area contributed by atoms with Crippen molar-refractivity contribution in [3.63, 3.8) is 0 Å². The highest BCUT2D eigenvalue weighted by Crippen LogP contribution is 2.39. The first-order valence-corrected chi connectivity index (χ1v) is 15.8. The van der Waals surface area contributed by atoms with Gasteiger partial charge in [-0.2, -0.15) is 4.98 Å². The number of sulfonamides is 1. The fraction of sp³-hybridized carbons (Fsp3) is 0.323. The monoisotopic (exact) mass is 621 g/mol. The number of anilines is 4. The van der Waals surface area contributed by atoms with Crippen LogP contribution in [0.5, 0.6) is 17.4 Å². The maximum absolute atomic E-state index is 13.3. The molecule has 0 saturated heterocycles. The number of urea groups is 1. The minimum Gasteiger partial charge on any atom is -0.492 e. The number of hydrogen-bond donors (Lipinski definition) is 4. The van der Waals surface area contributed by atoms with Gasteiger partial charge in [-0.1, -0.05) is 45.0 Å². The molecule has 3 aromatic carbocycles. The minimum atomic E-state index is -3.61. The number of methoxy groups -OCH3 is 1. The van der Waals surface area contributed by atoms with Crippen molar-refractivity contribution in [2.75, 3.05) is 61.2 Å². The normalized spacial score (nSPS) is 11.7. The van der Waals surface area contributed by atoms with Gasteiger partial charge in [0.15, 0.2) is 5.75 Å². The standard InChI is InChI=1S/C31H39N7O5S/c1-31(2,3)20-18-24(28(42-6)25(19-20)37-44(7,40)41)35-30(39)34-23-12-13-26(22-11-9-8-10-21(22)23)43-27-14-15-32-29(36-27)33-16-17-38(4)5/h8-15,18-19,37H,16-17H2,1-7H3,(H,32,33,36)(H2,34,35,39). The lowest BCUT2D eigenvalue weighted by Gasteiger charge is -2.24. The fourth-order valence-electron chi connectivity index (χ4n) is 4.38. The average Bonchev–Trinajstić information content (AvgIpc) is 2.93. The van der Waals surface area contributed by atoms with Crippen molar-refractivity contribution in [1.82, 2.24) is 14.9 Å². The molecule has 0 atom stereocenters. The van der Waals surface area contributed by atoms with Gasteiger partial charge in [0.1, 0.15) is 5.75 Å². The molecule has 0 aliphatic carbocycles. The topological polar surface area (TPSA) is 147 Å². The Hall–Kier alpha value is -4.62. The molecule has 4 aromatic rings. The van der Waals surface area contributed by atoms with E-state index in [4.69, 9.17) is 9.47 Å². The number of benzene rings is 3. The van der Waals surface area contributed by atoms with Gasteiger partial charge < -0.3 is 30.3 Å². The SMILES string of the molecule is COc1c(NC(=O)Nc2ccc(Oc3ccnc(NCCN(C)C)n3)c3ccccc23)cc(C(C)(C)C)cc1NS(C)(=O)=O. The van der Waals surface area contributed by atoms with Crippen LogP contribution in [0.3, 0.4) is 0 Å². The van der Waals surface area contributed by atoms with E-state index in [9.17, 15) is 13.2 Å². The molecule has 13 heteroatoms. The predicted molar refractivity (Wildman–Crippen MR) is 176 cm³/mol. The number of likely N-dealkylation sites (N-methyl/N-ethyl adjacent to an activating group) is 1. The van der Waals surface area contributed by atoms with E-state index in [0.29, 0.717) is 35.5 Å². The van der Waals surface area contributed by atoms with E-state index >= 15 is 0 Å². The van der Waals surface area contributed by atoms with Crippen LogP contribution in [-0.2, 0) is 15.4 Å². The third kappa shape index (κ3) is 8.48. The molecule has 0 aliphatic heterocycles. The van der Waals surface area contributed by atoms with Crippen molar-refractivity contribution in [2.24, 2.45) is 0 Å². The fourth-order valence-corrected chi connectivity index (χ4v) is 4.93. The molecule has 0 radical (unpaired) electrons. The number of nitrogens with zero attached hydrogens (tertiary/aromatic N) is 3. The molecule has 12 nitrogen and oxygen atoms in total. The molecule has 0 saturated carbocycles. The number of amides is 2. The first-order valence-electron chi connectivity index (χ1n) is 13.9. The third-order valence-electron chi connectivity index (χ3n) is 6.52. The van der Waals surface area contributed by atoms with E-state index in [0.717, 1.165) is 29.1 Å². The van der Waals surface area contributed by atoms with Gasteiger partial charge in [0.2, 0.25) is 21.9 Å². The zero-order chi connectivity index (χ0) is 32.1. The maximum atomic E-state index is 13.3. The molecule has 0 bridgehead atoms. The number of aromatic nitrogens is 2. The number of nitrogens with one attached hydrogen (secondary N) is 4. The highest BCUT2D eigenvalue weighted by Gasteiger charge is 2.22. The van der Waals surface area contributed by atoms with Gasteiger partial charge in [0.25, 0.3) is 0 Å². The van der Waals surface area contributed by atoms with E-state index in [-0.39, 0.29) is 16.9 Å². The van der Waals surface area contributed by atoms with Crippen LogP contribution in [0.2, 0.25) is 0 Å². The summed E-state index contributed by atoms with van der Waals surface area (Å²) < 4.78 is 38.3. The Morgan fingerprint density at radius 3 is 2.30 bits per heavy atom. The second-order valence-corrected chi connectivity index (χ2v) is 13.3. The van der Waals surface area contributed by atoms with Crippen molar-refractivity contribution >= 4 is 49.8 Å². The van der Waals surface area contributed by atoms with Gasteiger partial charge in [0, 0.05) is 36.1 Å². The van der Waals surface area contributed by atoms with Crippen LogP contribution in [-0.4, -0.2) is 69.9 Å². The number of carbonyl (C=O) groups excluding carboxylic acids is 1. The number of hydrogen-bond acceptors (Lipinski definition) is 9. The van der Waals surface area contributed by atoms with Crippen molar-refractivity contribution in [1.29, 1.82) is 0 Å². The lowest BCUT2D eigenvalue weighted by molar-refractivity contribution is 0.262. The zero-order valence-electron chi connectivity index (χ0n) is 26.0. The third-order valence-corrected chi connectivity index (χ3v) is 7.11. The van der Waals surface area contributed by atoms with E-state index in [1.54, 1.807) is 36.5 Å². The van der Waals surface area contributed by atoms with Crippen molar-refractivity contribution in [3.8, 4) is 17.4 Å². The van der Waals surface area contributed by atoms with Crippen molar-refractivity contribution < 1.29 is 22.7 Å². The first kappa shape index (κ1) is 32.3. The largest absolute Gasteiger partial charge is 0.492 e. The number of ether oxygens (including phenoxy) is 2. The molecule has 2 amide bonds. The van der Waals surface area contributed by atoms with E-state index in [1.165, 1.54) is 7.11 Å². The Morgan fingerprint density at radius 2 is 1.64 bits per heavy atom. The molecule has 0 aliphatic rings. The Kier molecular flexibility index (Phi) is 9.80. The lowest BCUT2D eigenvalue weighted by Crippen LogP contribution is -2.22. The Morgan fingerprint density at radius 1 is 0.955 bits per heavy atom. The number of carbonyl (C=O) groups is 1. The van der Waals surface area contributed by atoms with Crippen molar-refractivity contribution in [3.05, 3.63) is 66.4 Å². The van der Waals surface area contributed by atoms with Gasteiger partial charge in [-0.3, -0.25) is 4.72 Å². The molecule has 1 heterocycles. The van der Waals surface area contributed by atoms with Crippen molar-refractivity contribution in [2.45, 2.75) is 26.2 Å². The van der Waals surface area contributed by atoms with Crippen LogP contribution in [0.25, 0.3) is 10.8 Å². The van der Waals surface area contributed by atoms with Crippen LogP contribution in [0.1, 0.15) is 26.3 Å². The highest BCUT2D eigenvalue weighted by atomic mass is 32.2. The molecule has 4 rings (SSSR count). The average molecular weight is 622 g/mol. The van der Waals surface area contributed by atoms with Gasteiger partial charge in [-0.05, 0) is 49.3 Å². The van der Waals surface area contributed by atoms with Crippen LogP contribution in [0.4, 0.5) is 27.8 Å². The zero-order valence-corrected chi connectivity index (χ0v) is 26.8. The summed E-state index contributed by atoms with van der Waals surface area (Å²) in [4.78, 5) is 24.1. The van der Waals surface area contributed by atoms with Gasteiger partial charge in [-0.15, -0.1) is 0 Å². The highest BCUT2D eigenvalue weighted by molar-refractivity contribution is 7.92. The smallest absolute Gasteiger partial charge is 0.323 e. The van der Waals surface area contributed by atoms with Crippen LogP contribution >= 0.6 is 0 Å². The summed E-state index contributed by atoms with van der Waals surface area (Å²) in [7, 11) is 1.79. The van der Waals surface area contributed by atoms with Gasteiger partial charge in [-0.25, -0.2) is 18.2 Å². The minimum absolute atomic E-state index is 0.188. The Bertz CT molecular complexity index is 1750. The molecule has 1 aromatic heterocycles. The summed E-state index contributed by atoms with van der Waals surface area (Å²) >= 11 is 0. The molecule has 0 unspecified atom stereocenters. The lowest BCUT2D eigenvalue weighted by atomic mass is 9.86. The molecular weight excluding hydrogens is 582 g/mol. The van der Waals surface area contributed by atoms with E-state index in [1.807, 2.05) is 59.1 Å². The molecule has 234 valence electrons. The summed E-state index contributed by atoms with van der Waals surface area (Å²) in [6, 6.07) is 15.6. The van der Waals surface area contributed by atoms with E-state index in [2.05, 4.69) is 35.5 Å². The summed E-state index contributed by atoms with van der Waals surface area (Å²) in [5.74, 6) is 1.58. The number of fused-ring (bicyclic) bond motifs is 1. The van der Waals surface area contributed by atoms with Crippen LogP contribution in [0.15, 0.2) is 60.8 Å². The second-order valence-electron chi connectivity index (χ2n) is 11.5. The summed E-state index contributed by atoms with van der Waals surface area (Å²) in [6.07, 6.45) is 2.68. The predicted octanol–water partition coefficient (Wildman–Crippen LogP) is 5.72. The quantitative estimate of drug-likeness (QED) is 0.165. The summed E-state index contributed by atoms with van der Waals surface area (Å²) in [6.45, 7) is 7.48. The Balaban J connectivity index is 1.59. The van der Waals surface area contributed by atoms with Gasteiger partial charge >= 0.3 is 6.03 Å². The van der Waals surface area contributed by atoms with E-state index < -0.39 is 16.1 Å². The molecule has 0 spiro atoms. The molecular formula is C31H39N7O5S. The molecule has 4 N–H and O–H groups in total. The first-order chi connectivity index (χ1) is 20.7. The molecule has 44 heavy (non-hydrogen) atoms. The Labute approximate surface area is 258 Å². The van der Waals surface area contributed by atoms with Crippen LogP contribution < -0.4 is 30.1 Å². The molecule has 0 fully saturated rings. The summed E-state index contributed by atoms with van der Waals surface area (Å²) in [5, 5.41) is 10.4. The van der Waals surface area contributed by atoms with Crippen LogP contribution in [0, 0.1) is 0 Å². The number of rotatable bonds is 11. The summed E-state index contributed by atoms with van der Waals surface area (Å²) in [5.41, 5.74) is 1.54. The van der Waals surface area contributed by atoms with Gasteiger partial charge in [0.05, 0.1) is 30.4 Å². The second kappa shape index (κ2) is 13.3. The maximum Gasteiger partial charge on any atom is 0.323 e.